The van der Waals surface area contributed by atoms with E-state index in [1.807, 2.05) is 0 Å². The van der Waals surface area contributed by atoms with Crippen LogP contribution in [-0.2, 0) is 0 Å². The summed E-state index contributed by atoms with van der Waals surface area (Å²) in [6.07, 6.45) is 0. The first-order chi connectivity index (χ1) is 11.3. The zero-order valence-corrected chi connectivity index (χ0v) is 12.3. The van der Waals surface area contributed by atoms with E-state index in [2.05, 4.69) is 0 Å². The number of nitro benzene ring substituents is 3. The van der Waals surface area contributed by atoms with E-state index in [0.29, 0.717) is 0 Å². The fraction of sp³-hybridized carbons (Fsp3) is 0. The summed E-state index contributed by atoms with van der Waals surface area (Å²) in [5.74, 6) is 0. The second-order valence-corrected chi connectivity index (χ2v) is 5.75. The minimum atomic E-state index is -0.861. The molecule has 0 unspecified atom stereocenters. The molecule has 24 heavy (non-hydrogen) atoms. The molecule has 0 atom stereocenters. The lowest BCUT2D eigenvalue weighted by molar-refractivity contribution is -0.392. The number of fused-ring (bicyclic) bond motifs is 2. The monoisotopic (exact) mass is 347 g/mol. The van der Waals surface area contributed by atoms with Crippen molar-refractivity contribution in [2.45, 2.75) is 0 Å². The molecule has 0 saturated carbocycles. The molecular weight excluding hydrogens is 342 g/mol. The van der Waals surface area contributed by atoms with E-state index in [9.17, 15) is 35.1 Å². The van der Waals surface area contributed by atoms with Gasteiger partial charge in [-0.25, -0.2) is 0 Å². The quantitative estimate of drug-likeness (QED) is 0.401. The minimum absolute atomic E-state index is 0.0661. The molecule has 0 fully saturated rings. The Labute approximate surface area is 135 Å². The van der Waals surface area contributed by atoms with Crippen molar-refractivity contribution in [2.75, 3.05) is 0 Å². The maximum atomic E-state index is 12.6. The van der Waals surface area contributed by atoms with Crippen molar-refractivity contribution in [3.05, 3.63) is 70.9 Å². The first kappa shape index (κ1) is 15.4. The molecule has 0 amide bonds. The highest BCUT2D eigenvalue weighted by atomic mass is 32.1. The van der Waals surface area contributed by atoms with Crippen LogP contribution in [0.1, 0.15) is 0 Å². The second-order valence-electron chi connectivity index (χ2n) is 4.69. The largest absolute Gasteiger partial charge is 0.294 e. The van der Waals surface area contributed by atoms with Gasteiger partial charge in [0.2, 0.25) is 5.43 Å². The highest BCUT2D eigenvalue weighted by molar-refractivity contribution is 7.25. The number of rotatable bonds is 3. The first-order valence-electron chi connectivity index (χ1n) is 6.28. The Hall–Kier alpha value is -3.47. The summed E-state index contributed by atoms with van der Waals surface area (Å²) in [5.41, 5.74) is -2.52. The van der Waals surface area contributed by atoms with Gasteiger partial charge in [-0.3, -0.25) is 35.1 Å². The Bertz CT molecular complexity index is 1120. The van der Waals surface area contributed by atoms with Gasteiger partial charge in [-0.05, 0) is 6.07 Å². The lowest BCUT2D eigenvalue weighted by Crippen LogP contribution is -2.06. The van der Waals surface area contributed by atoms with Crippen LogP contribution >= 0.6 is 11.3 Å². The van der Waals surface area contributed by atoms with Gasteiger partial charge in [-0.2, -0.15) is 0 Å². The maximum Gasteiger partial charge on any atom is 0.294 e. The molecular formula is C13H5N3O7S. The van der Waals surface area contributed by atoms with Crippen LogP contribution in [0.5, 0.6) is 0 Å². The Balaban J connectivity index is 2.60. The molecule has 2 aromatic carbocycles. The normalized spacial score (nSPS) is 10.8. The number of nitrogens with zero attached hydrogens (tertiary/aromatic N) is 3. The first-order valence-corrected chi connectivity index (χ1v) is 7.09. The predicted molar refractivity (Wildman–Crippen MR) is 85.6 cm³/mol. The fourth-order valence-corrected chi connectivity index (χ4v) is 3.51. The van der Waals surface area contributed by atoms with Crippen LogP contribution in [0.15, 0.2) is 35.1 Å². The van der Waals surface area contributed by atoms with Gasteiger partial charge < -0.3 is 0 Å². The van der Waals surface area contributed by atoms with Crippen LogP contribution in [0.3, 0.4) is 0 Å². The van der Waals surface area contributed by atoms with Crippen LogP contribution in [0, 0.1) is 30.3 Å². The molecule has 3 rings (SSSR count). The van der Waals surface area contributed by atoms with Crippen molar-refractivity contribution in [1.29, 1.82) is 0 Å². The second kappa shape index (κ2) is 5.31. The van der Waals surface area contributed by atoms with Gasteiger partial charge in [0.25, 0.3) is 17.1 Å². The van der Waals surface area contributed by atoms with Gasteiger partial charge in [0.05, 0.1) is 26.2 Å². The summed E-state index contributed by atoms with van der Waals surface area (Å²) in [6, 6.07) is 5.59. The third kappa shape index (κ3) is 2.23. The topological polar surface area (TPSA) is 146 Å². The third-order valence-corrected chi connectivity index (χ3v) is 4.54. The minimum Gasteiger partial charge on any atom is -0.288 e. The van der Waals surface area contributed by atoms with Crippen LogP contribution in [-0.4, -0.2) is 14.8 Å². The molecule has 0 aliphatic rings. The molecule has 120 valence electrons. The van der Waals surface area contributed by atoms with Crippen molar-refractivity contribution in [1.82, 2.24) is 0 Å². The molecule has 1 heterocycles. The van der Waals surface area contributed by atoms with E-state index in [4.69, 9.17) is 0 Å². The van der Waals surface area contributed by atoms with E-state index in [1.54, 1.807) is 0 Å². The van der Waals surface area contributed by atoms with Gasteiger partial charge in [-0.1, -0.05) is 6.07 Å². The molecule has 0 saturated heterocycles. The van der Waals surface area contributed by atoms with E-state index >= 15 is 0 Å². The predicted octanol–water partition coefficient (Wildman–Crippen LogP) is 3.14. The third-order valence-electron chi connectivity index (χ3n) is 3.35. The van der Waals surface area contributed by atoms with Crippen molar-refractivity contribution in [3.8, 4) is 0 Å². The zero-order valence-electron chi connectivity index (χ0n) is 11.5. The smallest absolute Gasteiger partial charge is 0.288 e. The van der Waals surface area contributed by atoms with E-state index in [0.717, 1.165) is 29.5 Å². The van der Waals surface area contributed by atoms with Crippen molar-refractivity contribution >= 4 is 48.6 Å². The summed E-state index contributed by atoms with van der Waals surface area (Å²) < 4.78 is 0.127. The number of benzene rings is 2. The summed E-state index contributed by atoms with van der Waals surface area (Å²) in [4.78, 5) is 43.4. The summed E-state index contributed by atoms with van der Waals surface area (Å²) in [5, 5.41) is 32.7. The summed E-state index contributed by atoms with van der Waals surface area (Å²) in [6.45, 7) is 0. The molecule has 1 aromatic heterocycles. The standard InChI is InChI=1S/C13H5N3O7S/c17-12-7-4-6(14(18)19)5-9(16(22)23)13(7)24-10-3-1-2-8(11(10)12)15(20)21/h1-5H. The molecule has 0 aliphatic heterocycles. The highest BCUT2D eigenvalue weighted by Crippen LogP contribution is 2.37. The van der Waals surface area contributed by atoms with Gasteiger partial charge in [-0.15, -0.1) is 11.3 Å². The van der Waals surface area contributed by atoms with E-state index < -0.39 is 37.3 Å². The SMILES string of the molecule is O=c1c2cc([N+](=O)[O-])cc([N+](=O)[O-])c2sc2cccc([N+](=O)[O-])c12. The van der Waals surface area contributed by atoms with Gasteiger partial charge in [0.15, 0.2) is 0 Å². The van der Waals surface area contributed by atoms with Gasteiger partial charge >= 0.3 is 0 Å². The molecule has 3 aromatic rings. The molecule has 0 N–H and O–H groups in total. The average molecular weight is 347 g/mol. The number of non-ortho nitro benzene ring substituents is 3. The van der Waals surface area contributed by atoms with Crippen molar-refractivity contribution < 1.29 is 14.8 Å². The zero-order chi connectivity index (χ0) is 17.6. The molecule has 0 radical (unpaired) electrons. The Kier molecular flexibility index (Phi) is 3.41. The number of nitro groups is 3. The number of hydrogen-bond acceptors (Lipinski definition) is 8. The highest BCUT2D eigenvalue weighted by Gasteiger charge is 2.25. The summed E-state index contributed by atoms with van der Waals surface area (Å²) in [7, 11) is 0. The Morgan fingerprint density at radius 1 is 0.875 bits per heavy atom. The lowest BCUT2D eigenvalue weighted by Gasteiger charge is -2.03. The van der Waals surface area contributed by atoms with Gasteiger partial charge in [0.1, 0.15) is 10.1 Å². The fourth-order valence-electron chi connectivity index (χ4n) is 2.35. The average Bonchev–Trinajstić information content (AvgIpc) is 2.53. The Morgan fingerprint density at radius 3 is 2.12 bits per heavy atom. The molecule has 0 spiro atoms. The lowest BCUT2D eigenvalue weighted by atomic mass is 10.1. The van der Waals surface area contributed by atoms with Crippen LogP contribution in [0.25, 0.3) is 20.2 Å². The molecule has 10 nitrogen and oxygen atoms in total. The number of hydrogen-bond donors (Lipinski definition) is 0. The maximum absolute atomic E-state index is 12.6. The van der Waals surface area contributed by atoms with Crippen LogP contribution in [0.4, 0.5) is 17.1 Å². The summed E-state index contributed by atoms with van der Waals surface area (Å²) >= 11 is 0.804. The van der Waals surface area contributed by atoms with Crippen molar-refractivity contribution in [3.63, 3.8) is 0 Å². The Morgan fingerprint density at radius 2 is 1.54 bits per heavy atom. The van der Waals surface area contributed by atoms with E-state index in [1.165, 1.54) is 12.1 Å². The van der Waals surface area contributed by atoms with E-state index in [-0.39, 0.29) is 20.2 Å². The van der Waals surface area contributed by atoms with Crippen molar-refractivity contribution in [2.24, 2.45) is 0 Å². The molecule has 11 heteroatoms. The van der Waals surface area contributed by atoms with Gasteiger partial charge in [0, 0.05) is 16.8 Å². The molecule has 0 bridgehead atoms. The molecule has 0 aliphatic carbocycles. The van der Waals surface area contributed by atoms with Crippen LogP contribution in [0.2, 0.25) is 0 Å². The van der Waals surface area contributed by atoms with Crippen LogP contribution < -0.4 is 5.43 Å².